The minimum absolute atomic E-state index is 0. The van der Waals surface area contributed by atoms with Crippen LogP contribution in [-0.4, -0.2) is 23.4 Å². The summed E-state index contributed by atoms with van der Waals surface area (Å²) in [4.78, 5) is 13.2. The number of carbonyl (C=O) groups excluding carboxylic acids is 1. The van der Waals surface area contributed by atoms with Crippen molar-refractivity contribution in [3.8, 4) is 0 Å². The van der Waals surface area contributed by atoms with Gasteiger partial charge in [0.15, 0.2) is 0 Å². The SMILES string of the molecule is CN(Cc1ccccc1C(F)(F)F)C(=O)CC(C)(C)N.Cl. The van der Waals surface area contributed by atoms with E-state index in [2.05, 4.69) is 0 Å². The van der Waals surface area contributed by atoms with Crippen molar-refractivity contribution in [1.29, 1.82) is 0 Å². The third kappa shape index (κ3) is 6.35. The van der Waals surface area contributed by atoms with Crippen molar-refractivity contribution < 1.29 is 18.0 Å². The topological polar surface area (TPSA) is 46.3 Å². The Morgan fingerprint density at radius 3 is 2.24 bits per heavy atom. The molecule has 3 nitrogen and oxygen atoms in total. The number of nitrogens with zero attached hydrogens (tertiary/aromatic N) is 1. The lowest BCUT2D eigenvalue weighted by Crippen LogP contribution is -2.39. The number of rotatable bonds is 4. The van der Waals surface area contributed by atoms with Crippen molar-refractivity contribution in [2.45, 2.75) is 38.5 Å². The molecule has 1 aromatic carbocycles. The molecule has 0 atom stereocenters. The molecule has 0 saturated carbocycles. The van der Waals surface area contributed by atoms with Gasteiger partial charge in [0.2, 0.25) is 5.91 Å². The van der Waals surface area contributed by atoms with Gasteiger partial charge in [-0.05, 0) is 25.5 Å². The quantitative estimate of drug-likeness (QED) is 0.924. The summed E-state index contributed by atoms with van der Waals surface area (Å²) in [5, 5.41) is 0. The fourth-order valence-corrected chi connectivity index (χ4v) is 1.80. The molecule has 0 unspecified atom stereocenters. The molecule has 120 valence electrons. The predicted octanol–water partition coefficient (Wildman–Crippen LogP) is 3.21. The second-order valence-electron chi connectivity index (χ2n) is 5.57. The van der Waals surface area contributed by atoms with E-state index >= 15 is 0 Å². The lowest BCUT2D eigenvalue weighted by Gasteiger charge is -2.24. The van der Waals surface area contributed by atoms with E-state index in [0.29, 0.717) is 0 Å². The normalized spacial score (nSPS) is 11.8. The largest absolute Gasteiger partial charge is 0.416 e. The van der Waals surface area contributed by atoms with Gasteiger partial charge in [0.05, 0.1) is 5.56 Å². The summed E-state index contributed by atoms with van der Waals surface area (Å²) in [7, 11) is 1.47. The number of hydrogen-bond donors (Lipinski definition) is 1. The molecule has 0 spiro atoms. The van der Waals surface area contributed by atoms with E-state index in [9.17, 15) is 18.0 Å². The summed E-state index contributed by atoms with van der Waals surface area (Å²) in [6, 6.07) is 5.24. The van der Waals surface area contributed by atoms with Crippen molar-refractivity contribution in [3.05, 3.63) is 35.4 Å². The molecular weight excluding hydrogens is 305 g/mol. The summed E-state index contributed by atoms with van der Waals surface area (Å²) in [5.41, 5.74) is 4.41. The van der Waals surface area contributed by atoms with Crippen LogP contribution >= 0.6 is 12.4 Å². The standard InChI is InChI=1S/C14H19F3N2O.ClH/c1-13(2,18)8-12(20)19(3)9-10-6-4-5-7-11(10)14(15,16)17;/h4-7H,8-9,18H2,1-3H3;1H. The molecule has 1 rings (SSSR count). The first-order chi connectivity index (χ1) is 9.00. The Hall–Kier alpha value is -1.27. The zero-order valence-corrected chi connectivity index (χ0v) is 13.0. The zero-order valence-electron chi connectivity index (χ0n) is 12.2. The maximum absolute atomic E-state index is 12.8. The molecule has 0 heterocycles. The molecule has 0 radical (unpaired) electrons. The highest BCUT2D eigenvalue weighted by Crippen LogP contribution is 2.32. The third-order valence-corrected chi connectivity index (χ3v) is 2.76. The van der Waals surface area contributed by atoms with Crippen LogP contribution in [-0.2, 0) is 17.5 Å². The molecule has 0 aliphatic rings. The van der Waals surface area contributed by atoms with Gasteiger partial charge in [0.25, 0.3) is 0 Å². The zero-order chi connectivity index (χ0) is 15.6. The first kappa shape index (κ1) is 19.7. The molecule has 21 heavy (non-hydrogen) atoms. The van der Waals surface area contributed by atoms with Crippen molar-refractivity contribution in [3.63, 3.8) is 0 Å². The van der Waals surface area contributed by atoms with Crippen molar-refractivity contribution in [2.24, 2.45) is 5.73 Å². The number of hydrogen-bond acceptors (Lipinski definition) is 2. The number of alkyl halides is 3. The van der Waals surface area contributed by atoms with Crippen molar-refractivity contribution in [1.82, 2.24) is 4.90 Å². The number of benzene rings is 1. The van der Waals surface area contributed by atoms with Crippen LogP contribution in [0.1, 0.15) is 31.4 Å². The Morgan fingerprint density at radius 2 is 1.76 bits per heavy atom. The maximum Gasteiger partial charge on any atom is 0.416 e. The molecule has 2 N–H and O–H groups in total. The monoisotopic (exact) mass is 324 g/mol. The summed E-state index contributed by atoms with van der Waals surface area (Å²) in [5.74, 6) is -0.283. The lowest BCUT2D eigenvalue weighted by molar-refractivity contribution is -0.139. The summed E-state index contributed by atoms with van der Waals surface area (Å²) in [6.45, 7) is 3.30. The Labute approximate surface area is 128 Å². The molecule has 1 amide bonds. The summed E-state index contributed by atoms with van der Waals surface area (Å²) < 4.78 is 38.5. The van der Waals surface area contributed by atoms with Crippen LogP contribution in [0, 0.1) is 0 Å². The molecular formula is C14H20ClF3N2O. The Kier molecular flexibility index (Phi) is 6.70. The smallest absolute Gasteiger partial charge is 0.341 e. The first-order valence-corrected chi connectivity index (χ1v) is 6.18. The van der Waals surface area contributed by atoms with Gasteiger partial charge in [-0.3, -0.25) is 4.79 Å². The molecule has 7 heteroatoms. The van der Waals surface area contributed by atoms with Gasteiger partial charge in [-0.2, -0.15) is 13.2 Å². The van der Waals surface area contributed by atoms with Crippen LogP contribution in [0.4, 0.5) is 13.2 Å². The second-order valence-corrected chi connectivity index (χ2v) is 5.57. The number of halogens is 4. The average molecular weight is 325 g/mol. The highest BCUT2D eigenvalue weighted by molar-refractivity contribution is 5.85. The lowest BCUT2D eigenvalue weighted by atomic mass is 10.0. The third-order valence-electron chi connectivity index (χ3n) is 2.76. The van der Waals surface area contributed by atoms with E-state index in [1.165, 1.54) is 30.1 Å². The van der Waals surface area contributed by atoms with Gasteiger partial charge in [-0.15, -0.1) is 12.4 Å². The van der Waals surface area contributed by atoms with E-state index in [0.717, 1.165) is 6.07 Å². The number of carbonyl (C=O) groups is 1. The first-order valence-electron chi connectivity index (χ1n) is 6.18. The molecule has 0 saturated heterocycles. The van der Waals surface area contributed by atoms with E-state index in [1.807, 2.05) is 0 Å². The average Bonchev–Trinajstić information content (AvgIpc) is 2.25. The highest BCUT2D eigenvalue weighted by Gasteiger charge is 2.33. The van der Waals surface area contributed by atoms with Crippen LogP contribution < -0.4 is 5.73 Å². The molecule has 1 aromatic rings. The van der Waals surface area contributed by atoms with E-state index in [1.54, 1.807) is 13.8 Å². The van der Waals surface area contributed by atoms with Crippen LogP contribution in [0.3, 0.4) is 0 Å². The minimum atomic E-state index is -4.42. The Balaban J connectivity index is 0.00000400. The van der Waals surface area contributed by atoms with Gasteiger partial charge in [0.1, 0.15) is 0 Å². The van der Waals surface area contributed by atoms with Crippen LogP contribution in [0.5, 0.6) is 0 Å². The predicted molar refractivity (Wildman–Crippen MR) is 78.0 cm³/mol. The van der Waals surface area contributed by atoms with E-state index in [-0.39, 0.29) is 36.8 Å². The Morgan fingerprint density at radius 1 is 1.24 bits per heavy atom. The fraction of sp³-hybridized carbons (Fsp3) is 0.500. The summed E-state index contributed by atoms with van der Waals surface area (Å²) in [6.07, 6.45) is -4.34. The van der Waals surface area contributed by atoms with Crippen molar-refractivity contribution >= 4 is 18.3 Å². The second kappa shape index (κ2) is 7.13. The van der Waals surface area contributed by atoms with Crippen LogP contribution in [0.2, 0.25) is 0 Å². The van der Waals surface area contributed by atoms with Gasteiger partial charge in [-0.25, -0.2) is 0 Å². The highest BCUT2D eigenvalue weighted by atomic mass is 35.5. The minimum Gasteiger partial charge on any atom is -0.341 e. The maximum atomic E-state index is 12.8. The van der Waals surface area contributed by atoms with E-state index < -0.39 is 17.3 Å². The van der Waals surface area contributed by atoms with Gasteiger partial charge < -0.3 is 10.6 Å². The van der Waals surface area contributed by atoms with Crippen LogP contribution in [0.25, 0.3) is 0 Å². The molecule has 0 fully saturated rings. The molecule has 0 aliphatic carbocycles. The number of amides is 1. The van der Waals surface area contributed by atoms with Gasteiger partial charge in [-0.1, -0.05) is 18.2 Å². The van der Waals surface area contributed by atoms with E-state index in [4.69, 9.17) is 5.73 Å². The fourth-order valence-electron chi connectivity index (χ4n) is 1.80. The van der Waals surface area contributed by atoms with Gasteiger partial charge in [0, 0.05) is 25.6 Å². The summed E-state index contributed by atoms with van der Waals surface area (Å²) >= 11 is 0. The Bertz CT molecular complexity index is 484. The molecule has 0 bridgehead atoms. The molecule has 0 aromatic heterocycles. The van der Waals surface area contributed by atoms with Gasteiger partial charge >= 0.3 is 6.18 Å². The number of nitrogens with two attached hydrogens (primary N) is 1. The van der Waals surface area contributed by atoms with Crippen molar-refractivity contribution in [2.75, 3.05) is 7.05 Å². The van der Waals surface area contributed by atoms with Crippen LogP contribution in [0.15, 0.2) is 24.3 Å². The molecule has 0 aliphatic heterocycles.